The Balaban J connectivity index is 1.81. The summed E-state index contributed by atoms with van der Waals surface area (Å²) in [4.78, 5) is 23.8. The number of aryl methyl sites for hydroxylation is 2. The van der Waals surface area contributed by atoms with Crippen LogP contribution < -0.4 is 10.4 Å². The highest BCUT2D eigenvalue weighted by molar-refractivity contribution is 5.83. The van der Waals surface area contributed by atoms with Crippen molar-refractivity contribution in [2.75, 3.05) is 13.2 Å². The molecule has 0 radical (unpaired) electrons. The second kappa shape index (κ2) is 12.8. The number of carbonyl (C=O) groups is 1. The van der Waals surface area contributed by atoms with Crippen LogP contribution in [-0.2, 0) is 22.4 Å². The number of esters is 1. The molecule has 0 saturated heterocycles. The van der Waals surface area contributed by atoms with E-state index >= 15 is 0 Å². The fourth-order valence-electron chi connectivity index (χ4n) is 4.15. The van der Waals surface area contributed by atoms with E-state index in [2.05, 4.69) is 24.3 Å². The lowest BCUT2D eigenvalue weighted by Crippen LogP contribution is -2.58. The van der Waals surface area contributed by atoms with Crippen molar-refractivity contribution in [3.05, 3.63) is 76.7 Å². The lowest BCUT2D eigenvalue weighted by Gasteiger charge is -2.32. The van der Waals surface area contributed by atoms with Crippen LogP contribution in [0.4, 0.5) is 26.3 Å². The quantitative estimate of drug-likeness (QED) is 0.0637. The van der Waals surface area contributed by atoms with Crippen LogP contribution in [0.25, 0.3) is 22.1 Å². The van der Waals surface area contributed by atoms with Gasteiger partial charge in [-0.3, -0.25) is 0 Å². The molecule has 1 aromatic heterocycles. The molecule has 222 valence electrons. The summed E-state index contributed by atoms with van der Waals surface area (Å²) < 4.78 is 98.1. The third-order valence-electron chi connectivity index (χ3n) is 6.52. The van der Waals surface area contributed by atoms with Gasteiger partial charge in [-0.2, -0.15) is 26.3 Å². The van der Waals surface area contributed by atoms with Crippen molar-refractivity contribution in [2.24, 2.45) is 0 Å². The largest absolute Gasteiger partial charge is 0.487 e. The molecule has 0 aliphatic rings. The molecule has 0 fully saturated rings. The van der Waals surface area contributed by atoms with Crippen molar-refractivity contribution in [2.45, 2.75) is 63.7 Å². The molecule has 0 atom stereocenters. The molecular weight excluding hydrogens is 554 g/mol. The molecular formula is C30H30F6O5. The van der Waals surface area contributed by atoms with Crippen molar-refractivity contribution >= 4 is 16.9 Å². The Hall–Kier alpha value is -3.76. The zero-order valence-electron chi connectivity index (χ0n) is 22.6. The Labute approximate surface area is 232 Å². The second-order valence-electron chi connectivity index (χ2n) is 9.53. The Morgan fingerprint density at radius 1 is 0.927 bits per heavy atom. The van der Waals surface area contributed by atoms with E-state index in [0.717, 1.165) is 48.9 Å². The number of ether oxygens (including phenoxy) is 2. The van der Waals surface area contributed by atoms with E-state index in [1.807, 2.05) is 19.1 Å². The first kappa shape index (κ1) is 31.8. The molecule has 0 N–H and O–H groups in total. The molecule has 0 aliphatic carbocycles. The Bertz CT molecular complexity index is 1450. The average Bonchev–Trinajstić information content (AvgIpc) is 2.94. The molecule has 0 aliphatic heterocycles. The zero-order chi connectivity index (χ0) is 30.4. The number of fused-ring (bicyclic) bond motifs is 1. The van der Waals surface area contributed by atoms with Crippen LogP contribution in [0.1, 0.15) is 44.2 Å². The maximum Gasteiger partial charge on any atom is 0.378 e. The minimum Gasteiger partial charge on any atom is -0.487 e. The fourth-order valence-corrected chi connectivity index (χ4v) is 4.15. The molecule has 11 heteroatoms. The summed E-state index contributed by atoms with van der Waals surface area (Å²) in [7, 11) is 0. The number of unbranched alkanes of at least 4 members (excludes halogenated alkanes) is 2. The molecule has 3 rings (SSSR count). The van der Waals surface area contributed by atoms with E-state index in [1.54, 1.807) is 6.07 Å². The topological polar surface area (TPSA) is 65.7 Å². The summed E-state index contributed by atoms with van der Waals surface area (Å²) in [5.74, 6) is -18.6. The summed E-state index contributed by atoms with van der Waals surface area (Å²) in [6.07, 6.45) is 5.27. The summed E-state index contributed by atoms with van der Waals surface area (Å²) in [5, 5.41) is 0.397. The van der Waals surface area contributed by atoms with Crippen LogP contribution >= 0.6 is 0 Å². The van der Waals surface area contributed by atoms with Crippen molar-refractivity contribution in [1.29, 1.82) is 0 Å². The monoisotopic (exact) mass is 584 g/mol. The molecule has 2 aromatic carbocycles. The van der Waals surface area contributed by atoms with Gasteiger partial charge in [-0.05, 0) is 54.2 Å². The first-order valence-electron chi connectivity index (χ1n) is 13.0. The van der Waals surface area contributed by atoms with E-state index in [-0.39, 0.29) is 11.1 Å². The van der Waals surface area contributed by atoms with Gasteiger partial charge in [-0.25, -0.2) is 9.59 Å². The number of halogens is 6. The van der Waals surface area contributed by atoms with Gasteiger partial charge in [0.1, 0.15) is 11.3 Å². The third-order valence-corrected chi connectivity index (χ3v) is 6.52. The molecule has 0 saturated carbocycles. The van der Waals surface area contributed by atoms with Crippen molar-refractivity contribution in [1.82, 2.24) is 0 Å². The average molecular weight is 585 g/mol. The SMILES string of the molecule is C=CC(=O)OCC(F)(F)C(F)(F)C(F)(F)COc1ccc2cc(-c3ccc(CCCCC)cc3CC)c(=O)oc2c1. The summed E-state index contributed by atoms with van der Waals surface area (Å²) >= 11 is 0. The van der Waals surface area contributed by atoms with E-state index in [4.69, 9.17) is 9.15 Å². The van der Waals surface area contributed by atoms with E-state index in [9.17, 15) is 35.9 Å². The molecule has 5 nitrogen and oxygen atoms in total. The second-order valence-corrected chi connectivity index (χ2v) is 9.53. The lowest BCUT2D eigenvalue weighted by molar-refractivity contribution is -0.322. The molecule has 0 amide bonds. The van der Waals surface area contributed by atoms with Gasteiger partial charge < -0.3 is 13.9 Å². The lowest BCUT2D eigenvalue weighted by atomic mass is 9.94. The number of rotatable bonds is 14. The third kappa shape index (κ3) is 7.12. The highest BCUT2D eigenvalue weighted by Crippen LogP contribution is 2.46. The van der Waals surface area contributed by atoms with Crippen LogP contribution in [0.5, 0.6) is 5.75 Å². The Kier molecular flexibility index (Phi) is 9.94. The highest BCUT2D eigenvalue weighted by atomic mass is 19.3. The Morgan fingerprint density at radius 2 is 1.63 bits per heavy atom. The van der Waals surface area contributed by atoms with Gasteiger partial charge in [-0.15, -0.1) is 0 Å². The summed E-state index contributed by atoms with van der Waals surface area (Å²) in [6.45, 7) is 2.57. The maximum atomic E-state index is 14.2. The molecule has 0 spiro atoms. The van der Waals surface area contributed by atoms with Crippen LogP contribution in [0.3, 0.4) is 0 Å². The van der Waals surface area contributed by atoms with E-state index < -0.39 is 48.3 Å². The predicted octanol–water partition coefficient (Wildman–Crippen LogP) is 7.77. The van der Waals surface area contributed by atoms with Crippen molar-refractivity contribution in [3.63, 3.8) is 0 Å². The van der Waals surface area contributed by atoms with Gasteiger partial charge in [0.05, 0.1) is 5.56 Å². The molecule has 41 heavy (non-hydrogen) atoms. The smallest absolute Gasteiger partial charge is 0.378 e. The summed E-state index contributed by atoms with van der Waals surface area (Å²) in [5.41, 5.74) is 2.28. The summed E-state index contributed by atoms with van der Waals surface area (Å²) in [6, 6.07) is 11.0. The number of hydrogen-bond acceptors (Lipinski definition) is 5. The Morgan fingerprint density at radius 3 is 2.29 bits per heavy atom. The van der Waals surface area contributed by atoms with Gasteiger partial charge in [0.25, 0.3) is 0 Å². The predicted molar refractivity (Wildman–Crippen MR) is 142 cm³/mol. The van der Waals surface area contributed by atoms with Crippen molar-refractivity contribution < 1.29 is 45.0 Å². The van der Waals surface area contributed by atoms with E-state index in [1.165, 1.54) is 6.07 Å². The number of alkyl halides is 6. The van der Waals surface area contributed by atoms with Crippen LogP contribution in [0.2, 0.25) is 0 Å². The normalized spacial score (nSPS) is 12.4. The first-order valence-corrected chi connectivity index (χ1v) is 13.0. The highest BCUT2D eigenvalue weighted by Gasteiger charge is 2.72. The van der Waals surface area contributed by atoms with Gasteiger partial charge in [0.2, 0.25) is 0 Å². The first-order chi connectivity index (χ1) is 19.3. The van der Waals surface area contributed by atoms with Gasteiger partial charge >= 0.3 is 29.4 Å². The molecule has 0 unspecified atom stereocenters. The van der Waals surface area contributed by atoms with Gasteiger partial charge in [0, 0.05) is 17.5 Å². The zero-order valence-corrected chi connectivity index (χ0v) is 22.6. The minimum atomic E-state index is -5.93. The van der Waals surface area contributed by atoms with Crippen LogP contribution in [-0.4, -0.2) is 37.0 Å². The number of hydrogen-bond donors (Lipinski definition) is 0. The molecule has 0 bridgehead atoms. The van der Waals surface area contributed by atoms with Gasteiger partial charge in [0.15, 0.2) is 13.2 Å². The molecule has 3 aromatic rings. The van der Waals surface area contributed by atoms with Crippen LogP contribution in [0, 0.1) is 0 Å². The van der Waals surface area contributed by atoms with E-state index in [0.29, 0.717) is 23.4 Å². The minimum absolute atomic E-state index is 0.0813. The standard InChI is InChI=1S/C30H30F6O5/c1-4-7-8-9-19-10-13-23(20(5-2)14-19)24-15-21-11-12-22(16-25(21)41-27(24)38)39-17-28(31,32)30(35,36)29(33,34)18-40-26(37)6-3/h6,10-16H,3-5,7-9,17-18H2,1-2H3. The van der Waals surface area contributed by atoms with Crippen molar-refractivity contribution in [3.8, 4) is 16.9 Å². The number of carbonyl (C=O) groups excluding carboxylic acids is 1. The fraction of sp³-hybridized carbons (Fsp3) is 0.400. The molecule has 1 heterocycles. The van der Waals surface area contributed by atoms with Crippen LogP contribution in [0.15, 0.2) is 64.3 Å². The number of benzene rings is 2. The van der Waals surface area contributed by atoms with Gasteiger partial charge in [-0.1, -0.05) is 51.5 Å². The maximum absolute atomic E-state index is 14.2.